The SMILES string of the molecule is CCOc1ccccc1S(=O)(=O)NCC1CCN(C(=O)OC)CC1. The van der Waals surface area contributed by atoms with Crippen LogP contribution in [0.4, 0.5) is 4.79 Å². The Hall–Kier alpha value is -1.80. The van der Waals surface area contributed by atoms with E-state index in [0.717, 1.165) is 12.8 Å². The molecular weight excluding hydrogens is 332 g/mol. The summed E-state index contributed by atoms with van der Waals surface area (Å²) in [4.78, 5) is 13.2. The van der Waals surface area contributed by atoms with Gasteiger partial charge in [-0.05, 0) is 37.8 Å². The lowest BCUT2D eigenvalue weighted by atomic mass is 9.97. The molecule has 0 spiro atoms. The molecule has 8 heteroatoms. The zero-order chi connectivity index (χ0) is 17.6. The highest BCUT2D eigenvalue weighted by Crippen LogP contribution is 2.24. The molecule has 1 heterocycles. The molecule has 1 saturated heterocycles. The Balaban J connectivity index is 1.93. The Morgan fingerprint density at radius 3 is 2.58 bits per heavy atom. The Morgan fingerprint density at radius 1 is 1.29 bits per heavy atom. The maximum absolute atomic E-state index is 12.5. The van der Waals surface area contributed by atoms with Crippen LogP contribution >= 0.6 is 0 Å². The molecule has 0 radical (unpaired) electrons. The third-order valence-electron chi connectivity index (χ3n) is 4.05. The molecule has 2 rings (SSSR count). The first-order chi connectivity index (χ1) is 11.5. The van der Waals surface area contributed by atoms with Crippen LogP contribution in [0.1, 0.15) is 19.8 Å². The van der Waals surface area contributed by atoms with Gasteiger partial charge in [0.1, 0.15) is 10.6 Å². The predicted octanol–water partition coefficient (Wildman–Crippen LogP) is 1.84. The minimum atomic E-state index is -3.63. The number of nitrogens with zero attached hydrogens (tertiary/aromatic N) is 1. The van der Waals surface area contributed by atoms with Crippen molar-refractivity contribution < 1.29 is 22.7 Å². The van der Waals surface area contributed by atoms with Gasteiger partial charge in [-0.2, -0.15) is 0 Å². The number of sulfonamides is 1. The molecule has 0 saturated carbocycles. The zero-order valence-corrected chi connectivity index (χ0v) is 14.8. The molecule has 134 valence electrons. The molecular formula is C16H24N2O5S. The van der Waals surface area contributed by atoms with E-state index in [9.17, 15) is 13.2 Å². The van der Waals surface area contributed by atoms with Crippen LogP contribution in [-0.2, 0) is 14.8 Å². The summed E-state index contributed by atoms with van der Waals surface area (Å²) in [5.41, 5.74) is 0. The summed E-state index contributed by atoms with van der Waals surface area (Å²) in [5, 5.41) is 0. The van der Waals surface area contributed by atoms with Gasteiger partial charge in [0, 0.05) is 19.6 Å². The van der Waals surface area contributed by atoms with Crippen molar-refractivity contribution in [3.05, 3.63) is 24.3 Å². The molecule has 7 nitrogen and oxygen atoms in total. The van der Waals surface area contributed by atoms with Gasteiger partial charge in [-0.3, -0.25) is 0 Å². The van der Waals surface area contributed by atoms with Gasteiger partial charge in [0.15, 0.2) is 0 Å². The number of amides is 1. The molecule has 1 aliphatic rings. The molecule has 1 aliphatic heterocycles. The first kappa shape index (κ1) is 18.5. The summed E-state index contributed by atoms with van der Waals surface area (Å²) < 4.78 is 37.8. The van der Waals surface area contributed by atoms with Gasteiger partial charge >= 0.3 is 6.09 Å². The molecule has 0 aliphatic carbocycles. The molecule has 1 aromatic rings. The smallest absolute Gasteiger partial charge is 0.409 e. The molecule has 0 unspecified atom stereocenters. The van der Waals surface area contributed by atoms with Crippen LogP contribution in [0.3, 0.4) is 0 Å². The van der Waals surface area contributed by atoms with E-state index in [4.69, 9.17) is 9.47 Å². The lowest BCUT2D eigenvalue weighted by molar-refractivity contribution is 0.106. The first-order valence-electron chi connectivity index (χ1n) is 8.02. The molecule has 1 aromatic carbocycles. The number of likely N-dealkylation sites (tertiary alicyclic amines) is 1. The average Bonchev–Trinajstić information content (AvgIpc) is 2.60. The largest absolute Gasteiger partial charge is 0.492 e. The van der Waals surface area contributed by atoms with E-state index in [1.54, 1.807) is 23.1 Å². The number of para-hydroxylation sites is 1. The van der Waals surface area contributed by atoms with Gasteiger partial charge in [-0.1, -0.05) is 12.1 Å². The average molecular weight is 356 g/mol. The molecule has 1 N–H and O–H groups in total. The van der Waals surface area contributed by atoms with Crippen molar-refractivity contribution >= 4 is 16.1 Å². The van der Waals surface area contributed by atoms with Crippen LogP contribution in [0.25, 0.3) is 0 Å². The monoisotopic (exact) mass is 356 g/mol. The van der Waals surface area contributed by atoms with Crippen molar-refractivity contribution in [3.8, 4) is 5.75 Å². The van der Waals surface area contributed by atoms with Crippen molar-refractivity contribution in [2.45, 2.75) is 24.7 Å². The number of benzene rings is 1. The van der Waals surface area contributed by atoms with Gasteiger partial charge in [-0.15, -0.1) is 0 Å². The van der Waals surface area contributed by atoms with Gasteiger partial charge < -0.3 is 14.4 Å². The minimum Gasteiger partial charge on any atom is -0.492 e. The van der Waals surface area contributed by atoms with E-state index in [2.05, 4.69) is 4.72 Å². The number of ether oxygens (including phenoxy) is 2. The summed E-state index contributed by atoms with van der Waals surface area (Å²) in [6.45, 7) is 3.71. The Bertz CT molecular complexity index is 654. The number of piperidine rings is 1. The lowest BCUT2D eigenvalue weighted by Crippen LogP contribution is -2.41. The third kappa shape index (κ3) is 4.61. The Morgan fingerprint density at radius 2 is 1.96 bits per heavy atom. The van der Waals surface area contributed by atoms with Crippen molar-refractivity contribution in [2.24, 2.45) is 5.92 Å². The second-order valence-electron chi connectivity index (χ2n) is 5.63. The fourth-order valence-corrected chi connectivity index (χ4v) is 3.96. The van der Waals surface area contributed by atoms with Crippen LogP contribution in [-0.4, -0.2) is 52.8 Å². The second kappa shape index (κ2) is 8.34. The van der Waals surface area contributed by atoms with Crippen LogP contribution in [0.5, 0.6) is 5.75 Å². The van der Waals surface area contributed by atoms with Crippen LogP contribution in [0, 0.1) is 5.92 Å². The number of hydrogen-bond donors (Lipinski definition) is 1. The highest BCUT2D eigenvalue weighted by Gasteiger charge is 2.25. The third-order valence-corrected chi connectivity index (χ3v) is 5.51. The van der Waals surface area contributed by atoms with E-state index in [1.165, 1.54) is 13.2 Å². The number of carbonyl (C=O) groups is 1. The van der Waals surface area contributed by atoms with Gasteiger partial charge in [-0.25, -0.2) is 17.9 Å². The summed E-state index contributed by atoms with van der Waals surface area (Å²) in [7, 11) is -2.27. The number of rotatable bonds is 6. The molecule has 1 fully saturated rings. The number of hydrogen-bond acceptors (Lipinski definition) is 5. The van der Waals surface area contributed by atoms with Gasteiger partial charge in [0.2, 0.25) is 10.0 Å². The topological polar surface area (TPSA) is 84.9 Å². The normalized spacial score (nSPS) is 16.0. The number of nitrogens with one attached hydrogen (secondary N) is 1. The second-order valence-corrected chi connectivity index (χ2v) is 7.37. The van der Waals surface area contributed by atoms with Crippen molar-refractivity contribution in [2.75, 3.05) is 33.4 Å². The summed E-state index contributed by atoms with van der Waals surface area (Å²) in [6, 6.07) is 6.60. The van der Waals surface area contributed by atoms with Crippen LogP contribution in [0.2, 0.25) is 0 Å². The highest BCUT2D eigenvalue weighted by molar-refractivity contribution is 7.89. The molecule has 24 heavy (non-hydrogen) atoms. The van der Waals surface area contributed by atoms with Crippen LogP contribution < -0.4 is 9.46 Å². The van der Waals surface area contributed by atoms with Crippen molar-refractivity contribution in [1.29, 1.82) is 0 Å². The predicted molar refractivity (Wildman–Crippen MR) is 89.5 cm³/mol. The Labute approximate surface area is 143 Å². The first-order valence-corrected chi connectivity index (χ1v) is 9.50. The van der Waals surface area contributed by atoms with Gasteiger partial charge in [0.05, 0.1) is 13.7 Å². The molecule has 0 bridgehead atoms. The summed E-state index contributed by atoms with van der Waals surface area (Å²) in [6.07, 6.45) is 1.15. The van der Waals surface area contributed by atoms with E-state index < -0.39 is 10.0 Å². The zero-order valence-electron chi connectivity index (χ0n) is 14.0. The maximum Gasteiger partial charge on any atom is 0.409 e. The summed E-state index contributed by atoms with van der Waals surface area (Å²) in [5.74, 6) is 0.549. The minimum absolute atomic E-state index is 0.152. The fraction of sp³-hybridized carbons (Fsp3) is 0.562. The van der Waals surface area contributed by atoms with E-state index >= 15 is 0 Å². The Kier molecular flexibility index (Phi) is 6.44. The van der Waals surface area contributed by atoms with Crippen molar-refractivity contribution in [3.63, 3.8) is 0 Å². The van der Waals surface area contributed by atoms with Crippen LogP contribution in [0.15, 0.2) is 29.2 Å². The summed E-state index contributed by atoms with van der Waals surface area (Å²) >= 11 is 0. The molecule has 0 aromatic heterocycles. The number of methoxy groups -OCH3 is 1. The van der Waals surface area contributed by atoms with E-state index in [1.807, 2.05) is 6.92 Å². The molecule has 0 atom stereocenters. The highest BCUT2D eigenvalue weighted by atomic mass is 32.2. The quantitative estimate of drug-likeness (QED) is 0.841. The van der Waals surface area contributed by atoms with E-state index in [0.29, 0.717) is 32.0 Å². The molecule has 1 amide bonds. The lowest BCUT2D eigenvalue weighted by Gasteiger charge is -2.30. The standard InChI is InChI=1S/C16H24N2O5S/c1-3-23-14-6-4-5-7-15(14)24(20,21)17-12-13-8-10-18(11-9-13)16(19)22-2/h4-7,13,17H,3,8-12H2,1-2H3. The van der Waals surface area contributed by atoms with E-state index in [-0.39, 0.29) is 16.9 Å². The fourth-order valence-electron chi connectivity index (χ4n) is 2.70. The number of carbonyl (C=O) groups excluding carboxylic acids is 1. The van der Waals surface area contributed by atoms with Crippen molar-refractivity contribution in [1.82, 2.24) is 9.62 Å². The van der Waals surface area contributed by atoms with Gasteiger partial charge in [0.25, 0.3) is 0 Å². The maximum atomic E-state index is 12.5.